The van der Waals surface area contributed by atoms with Crippen LogP contribution in [0.4, 0.5) is 10.1 Å². The van der Waals surface area contributed by atoms with E-state index >= 15 is 0 Å². The van der Waals surface area contributed by atoms with Gasteiger partial charge in [-0.1, -0.05) is 49.1 Å². The average molecular weight is 624 g/mol. The van der Waals surface area contributed by atoms with Gasteiger partial charge in [0.1, 0.15) is 31.6 Å². The van der Waals surface area contributed by atoms with Gasteiger partial charge in [-0.2, -0.15) is 0 Å². The van der Waals surface area contributed by atoms with Crippen molar-refractivity contribution in [3.05, 3.63) is 83.7 Å². The normalized spacial score (nSPS) is 15.7. The number of rotatable bonds is 10. The standard InChI is InChI=1S/C33H38FN3O6S/c1-23-7-6-8-25(19-23)21-36(24(2)33(39)35-27-9-4-3-5-10-27)32(38)22-37(28-13-11-26(34)12-14-28)44(40,41)29-15-16-30-31(20-29)43-18-17-42-30/h6-8,11-16,19-20,24,27H,3-5,9-10,17-18,21-22H2,1-2H3,(H,35,39)/t24-/m1/s1. The van der Waals surface area contributed by atoms with E-state index in [0.717, 1.165) is 59.7 Å². The zero-order valence-corrected chi connectivity index (χ0v) is 25.8. The molecule has 234 valence electrons. The molecule has 1 N–H and O–H groups in total. The Bertz CT molecular complexity index is 1590. The van der Waals surface area contributed by atoms with Gasteiger partial charge >= 0.3 is 0 Å². The summed E-state index contributed by atoms with van der Waals surface area (Å²) in [5.74, 6) is -0.728. The Hall–Kier alpha value is -4.12. The number of anilines is 1. The molecule has 1 saturated carbocycles. The van der Waals surface area contributed by atoms with Crippen LogP contribution in [0.2, 0.25) is 0 Å². The molecule has 1 aliphatic carbocycles. The summed E-state index contributed by atoms with van der Waals surface area (Å²) in [5, 5.41) is 3.10. The van der Waals surface area contributed by atoms with E-state index in [2.05, 4.69) is 5.32 Å². The SMILES string of the molecule is Cc1cccc(CN(C(=O)CN(c2ccc(F)cc2)S(=O)(=O)c2ccc3c(c2)OCCO3)[C@H](C)C(=O)NC2CCCCC2)c1. The summed E-state index contributed by atoms with van der Waals surface area (Å²) in [6, 6.07) is 15.9. The molecule has 0 spiro atoms. The van der Waals surface area contributed by atoms with Gasteiger partial charge in [0.05, 0.1) is 10.6 Å². The second kappa shape index (κ2) is 13.7. The van der Waals surface area contributed by atoms with Crippen molar-refractivity contribution >= 4 is 27.5 Å². The number of hydrogen-bond donors (Lipinski definition) is 1. The number of carbonyl (C=O) groups excluding carboxylic acids is 2. The fourth-order valence-electron chi connectivity index (χ4n) is 5.61. The summed E-state index contributed by atoms with van der Waals surface area (Å²) >= 11 is 0. The number of nitrogens with one attached hydrogen (secondary N) is 1. The number of nitrogens with zero attached hydrogens (tertiary/aromatic N) is 2. The van der Waals surface area contributed by atoms with Crippen molar-refractivity contribution in [1.82, 2.24) is 10.2 Å². The summed E-state index contributed by atoms with van der Waals surface area (Å²) in [4.78, 5) is 28.9. The highest BCUT2D eigenvalue weighted by molar-refractivity contribution is 7.92. The Kier molecular flexibility index (Phi) is 9.73. The smallest absolute Gasteiger partial charge is 0.264 e. The molecule has 0 bridgehead atoms. The van der Waals surface area contributed by atoms with Crippen LogP contribution in [-0.2, 0) is 26.2 Å². The summed E-state index contributed by atoms with van der Waals surface area (Å²) in [7, 11) is -4.35. The largest absolute Gasteiger partial charge is 0.486 e. The number of halogens is 1. The quantitative estimate of drug-likeness (QED) is 0.342. The van der Waals surface area contributed by atoms with Crippen molar-refractivity contribution in [3.8, 4) is 11.5 Å². The van der Waals surface area contributed by atoms with Crippen molar-refractivity contribution in [3.63, 3.8) is 0 Å². The van der Waals surface area contributed by atoms with Crippen LogP contribution < -0.4 is 19.1 Å². The number of ether oxygens (including phenoxy) is 2. The predicted molar refractivity (Wildman–Crippen MR) is 165 cm³/mol. The third kappa shape index (κ3) is 7.32. The number of aryl methyl sites for hydroxylation is 1. The first-order chi connectivity index (χ1) is 21.1. The Morgan fingerprint density at radius 3 is 2.36 bits per heavy atom. The fourth-order valence-corrected chi connectivity index (χ4v) is 7.04. The highest BCUT2D eigenvalue weighted by Crippen LogP contribution is 2.34. The molecule has 5 rings (SSSR count). The molecule has 11 heteroatoms. The molecule has 0 radical (unpaired) electrons. The van der Waals surface area contributed by atoms with E-state index in [9.17, 15) is 22.4 Å². The third-order valence-corrected chi connectivity index (χ3v) is 9.82. The Morgan fingerprint density at radius 1 is 0.955 bits per heavy atom. The summed E-state index contributed by atoms with van der Waals surface area (Å²) in [5.41, 5.74) is 1.89. The molecule has 2 aliphatic rings. The first kappa shape index (κ1) is 31.3. The molecule has 3 aromatic carbocycles. The van der Waals surface area contributed by atoms with E-state index in [1.807, 2.05) is 31.2 Å². The molecule has 1 fully saturated rings. The Balaban J connectivity index is 1.47. The molecule has 3 aromatic rings. The monoisotopic (exact) mass is 623 g/mol. The van der Waals surface area contributed by atoms with Crippen LogP contribution in [0.1, 0.15) is 50.2 Å². The Labute approximate surface area is 258 Å². The lowest BCUT2D eigenvalue weighted by Crippen LogP contribution is -2.53. The number of benzene rings is 3. The molecule has 0 unspecified atom stereocenters. The van der Waals surface area contributed by atoms with Gasteiger partial charge in [-0.15, -0.1) is 0 Å². The summed E-state index contributed by atoms with van der Waals surface area (Å²) < 4.78 is 54.2. The molecular formula is C33H38FN3O6S. The van der Waals surface area contributed by atoms with Gasteiger partial charge in [-0.25, -0.2) is 12.8 Å². The van der Waals surface area contributed by atoms with Crippen LogP contribution in [0.15, 0.2) is 71.6 Å². The topological polar surface area (TPSA) is 105 Å². The molecule has 9 nitrogen and oxygen atoms in total. The molecule has 0 saturated heterocycles. The van der Waals surface area contributed by atoms with Crippen molar-refractivity contribution in [2.24, 2.45) is 0 Å². The number of sulfonamides is 1. The van der Waals surface area contributed by atoms with Crippen LogP contribution >= 0.6 is 0 Å². The fraction of sp³-hybridized carbons (Fsp3) is 0.394. The van der Waals surface area contributed by atoms with E-state index in [1.54, 1.807) is 6.92 Å². The van der Waals surface area contributed by atoms with Gasteiger partial charge in [0.2, 0.25) is 11.8 Å². The summed E-state index contributed by atoms with van der Waals surface area (Å²) in [6.45, 7) is 3.69. The molecular weight excluding hydrogens is 585 g/mol. The second-order valence-electron chi connectivity index (χ2n) is 11.3. The van der Waals surface area contributed by atoms with Crippen molar-refractivity contribution in [2.45, 2.75) is 69.5 Å². The van der Waals surface area contributed by atoms with E-state index in [4.69, 9.17) is 9.47 Å². The average Bonchev–Trinajstić information content (AvgIpc) is 3.02. The van der Waals surface area contributed by atoms with Crippen LogP contribution in [0.5, 0.6) is 11.5 Å². The minimum Gasteiger partial charge on any atom is -0.486 e. The van der Waals surface area contributed by atoms with Crippen LogP contribution in [-0.4, -0.2) is 57.0 Å². The molecule has 1 aliphatic heterocycles. The van der Waals surface area contributed by atoms with E-state index < -0.39 is 34.3 Å². The van der Waals surface area contributed by atoms with Gasteiger partial charge in [0, 0.05) is 18.7 Å². The van der Waals surface area contributed by atoms with Gasteiger partial charge < -0.3 is 19.7 Å². The minimum absolute atomic E-state index is 0.0425. The first-order valence-corrected chi connectivity index (χ1v) is 16.4. The highest BCUT2D eigenvalue weighted by atomic mass is 32.2. The predicted octanol–water partition coefficient (Wildman–Crippen LogP) is 4.97. The van der Waals surface area contributed by atoms with Crippen molar-refractivity contribution in [2.75, 3.05) is 24.1 Å². The van der Waals surface area contributed by atoms with E-state index in [1.165, 1.54) is 35.2 Å². The van der Waals surface area contributed by atoms with Crippen LogP contribution in [0.3, 0.4) is 0 Å². The molecule has 44 heavy (non-hydrogen) atoms. The maximum atomic E-state index is 14.2. The van der Waals surface area contributed by atoms with Crippen molar-refractivity contribution in [1.29, 1.82) is 0 Å². The zero-order valence-electron chi connectivity index (χ0n) is 25.0. The number of fused-ring (bicyclic) bond motifs is 1. The maximum absolute atomic E-state index is 14.2. The first-order valence-electron chi connectivity index (χ1n) is 14.9. The number of hydrogen-bond acceptors (Lipinski definition) is 6. The second-order valence-corrected chi connectivity index (χ2v) is 13.2. The van der Waals surface area contributed by atoms with E-state index in [0.29, 0.717) is 12.4 Å². The lowest BCUT2D eigenvalue weighted by Gasteiger charge is -2.33. The van der Waals surface area contributed by atoms with Gasteiger partial charge in [-0.05, 0) is 68.7 Å². The minimum atomic E-state index is -4.35. The maximum Gasteiger partial charge on any atom is 0.264 e. The van der Waals surface area contributed by atoms with Gasteiger partial charge in [0.25, 0.3) is 10.0 Å². The van der Waals surface area contributed by atoms with Crippen LogP contribution in [0.25, 0.3) is 0 Å². The van der Waals surface area contributed by atoms with Gasteiger partial charge in [0.15, 0.2) is 11.5 Å². The lowest BCUT2D eigenvalue weighted by atomic mass is 9.95. The van der Waals surface area contributed by atoms with Crippen LogP contribution in [0, 0.1) is 12.7 Å². The van der Waals surface area contributed by atoms with E-state index in [-0.39, 0.29) is 41.4 Å². The molecule has 0 aromatic heterocycles. The number of amides is 2. The van der Waals surface area contributed by atoms with Crippen molar-refractivity contribution < 1.29 is 31.9 Å². The third-order valence-electron chi connectivity index (χ3n) is 8.05. The molecule has 1 atom stereocenters. The molecule has 2 amide bonds. The Morgan fingerprint density at radius 2 is 1.66 bits per heavy atom. The highest BCUT2D eigenvalue weighted by Gasteiger charge is 2.34. The van der Waals surface area contributed by atoms with Gasteiger partial charge in [-0.3, -0.25) is 13.9 Å². The lowest BCUT2D eigenvalue weighted by molar-refractivity contribution is -0.139. The molecule has 1 heterocycles. The number of carbonyl (C=O) groups is 2. The zero-order chi connectivity index (χ0) is 31.3. The summed E-state index contributed by atoms with van der Waals surface area (Å²) in [6.07, 6.45) is 4.98.